The lowest BCUT2D eigenvalue weighted by Crippen LogP contribution is -1.90. The van der Waals surface area contributed by atoms with Crippen molar-refractivity contribution in [2.75, 3.05) is 6.61 Å². The fourth-order valence-corrected chi connectivity index (χ4v) is 2.94. The molecule has 1 saturated heterocycles. The highest BCUT2D eigenvalue weighted by molar-refractivity contribution is 6.08. The van der Waals surface area contributed by atoms with Gasteiger partial charge in [0.15, 0.2) is 0 Å². The van der Waals surface area contributed by atoms with E-state index < -0.39 is 0 Å². The Morgan fingerprint density at radius 2 is 1.89 bits per heavy atom. The van der Waals surface area contributed by atoms with E-state index in [1.807, 2.05) is 0 Å². The molecule has 1 aromatic heterocycles. The van der Waals surface area contributed by atoms with E-state index in [0.29, 0.717) is 6.10 Å². The summed E-state index contributed by atoms with van der Waals surface area (Å²) in [4.78, 5) is 3.51. The summed E-state index contributed by atoms with van der Waals surface area (Å²) < 4.78 is 5.28. The standard InChI is InChI=1S/C17H17NO/c1-2-9-15-14(8-1)17-12(5-3-7-13-11-19-13)6-4-10-16(17)18-15/h1-2,4,6,8-10,13,18H,3,5,7,11H2. The number of benzene rings is 2. The number of epoxide rings is 1. The second-order valence-electron chi connectivity index (χ2n) is 5.36. The minimum atomic E-state index is 0.544. The van der Waals surface area contributed by atoms with Crippen LogP contribution in [0.3, 0.4) is 0 Å². The predicted octanol–water partition coefficient (Wildman–Crippen LogP) is 4.04. The lowest BCUT2D eigenvalue weighted by Gasteiger charge is -2.03. The molecule has 96 valence electrons. The van der Waals surface area contributed by atoms with Crippen LogP contribution in [0.2, 0.25) is 0 Å². The van der Waals surface area contributed by atoms with Crippen molar-refractivity contribution >= 4 is 21.8 Å². The van der Waals surface area contributed by atoms with Crippen LogP contribution in [0.4, 0.5) is 0 Å². The number of rotatable bonds is 4. The van der Waals surface area contributed by atoms with E-state index in [9.17, 15) is 0 Å². The van der Waals surface area contributed by atoms with Crippen LogP contribution in [0.1, 0.15) is 18.4 Å². The van der Waals surface area contributed by atoms with Gasteiger partial charge in [-0.2, -0.15) is 0 Å². The Kier molecular flexibility index (Phi) is 2.56. The number of aromatic amines is 1. The first-order chi connectivity index (χ1) is 9.42. The number of para-hydroxylation sites is 1. The molecule has 3 aromatic rings. The van der Waals surface area contributed by atoms with E-state index in [2.05, 4.69) is 47.4 Å². The molecular weight excluding hydrogens is 234 g/mol. The van der Waals surface area contributed by atoms with E-state index in [1.165, 1.54) is 40.2 Å². The Hall–Kier alpha value is -1.80. The maximum atomic E-state index is 5.28. The number of nitrogens with one attached hydrogen (secondary N) is 1. The third-order valence-corrected chi connectivity index (χ3v) is 3.99. The van der Waals surface area contributed by atoms with Gasteiger partial charge in [0.2, 0.25) is 0 Å². The van der Waals surface area contributed by atoms with Crippen molar-refractivity contribution in [2.24, 2.45) is 0 Å². The minimum absolute atomic E-state index is 0.544. The zero-order chi connectivity index (χ0) is 12.7. The number of hydrogen-bond donors (Lipinski definition) is 1. The van der Waals surface area contributed by atoms with Gasteiger partial charge >= 0.3 is 0 Å². The average molecular weight is 251 g/mol. The highest BCUT2D eigenvalue weighted by Gasteiger charge is 2.21. The second kappa shape index (κ2) is 4.39. The minimum Gasteiger partial charge on any atom is -0.373 e. The smallest absolute Gasteiger partial charge is 0.0810 e. The molecule has 0 amide bonds. The SMILES string of the molecule is c1ccc2c(c1)[nH]c1cccc(CCCC3CO3)c12. The fraction of sp³-hybridized carbons (Fsp3) is 0.294. The van der Waals surface area contributed by atoms with Gasteiger partial charge in [-0.1, -0.05) is 30.3 Å². The molecule has 0 bridgehead atoms. The normalized spacial score (nSPS) is 18.2. The third-order valence-electron chi connectivity index (χ3n) is 3.99. The molecule has 1 unspecified atom stereocenters. The number of hydrogen-bond acceptors (Lipinski definition) is 1. The third kappa shape index (κ3) is 2.02. The Labute approximate surface area is 112 Å². The molecule has 0 aliphatic carbocycles. The number of aryl methyl sites for hydroxylation is 1. The zero-order valence-electron chi connectivity index (χ0n) is 10.9. The van der Waals surface area contributed by atoms with E-state index in [-0.39, 0.29) is 0 Å². The fourth-order valence-electron chi connectivity index (χ4n) is 2.94. The first-order valence-corrected chi connectivity index (χ1v) is 7.02. The summed E-state index contributed by atoms with van der Waals surface area (Å²) in [6, 6.07) is 15.1. The quantitative estimate of drug-likeness (QED) is 0.696. The van der Waals surface area contributed by atoms with Crippen LogP contribution in [-0.2, 0) is 11.2 Å². The van der Waals surface area contributed by atoms with Gasteiger partial charge in [0, 0.05) is 21.8 Å². The molecule has 2 aromatic carbocycles. The van der Waals surface area contributed by atoms with Crippen molar-refractivity contribution in [1.82, 2.24) is 4.98 Å². The summed E-state index contributed by atoms with van der Waals surface area (Å²) in [5.74, 6) is 0. The van der Waals surface area contributed by atoms with Gasteiger partial charge in [-0.25, -0.2) is 0 Å². The van der Waals surface area contributed by atoms with Gasteiger partial charge in [-0.3, -0.25) is 0 Å². The summed E-state index contributed by atoms with van der Waals surface area (Å²) in [6.07, 6.45) is 4.09. The molecule has 0 spiro atoms. The van der Waals surface area contributed by atoms with Crippen LogP contribution >= 0.6 is 0 Å². The van der Waals surface area contributed by atoms with Crippen molar-refractivity contribution in [2.45, 2.75) is 25.4 Å². The number of aromatic nitrogens is 1. The molecule has 0 saturated carbocycles. The van der Waals surface area contributed by atoms with E-state index in [1.54, 1.807) is 0 Å². The highest BCUT2D eigenvalue weighted by atomic mass is 16.6. The average Bonchev–Trinajstić information content (AvgIpc) is 3.17. The Balaban J connectivity index is 1.75. The van der Waals surface area contributed by atoms with Crippen LogP contribution in [0, 0.1) is 0 Å². The molecule has 1 aliphatic heterocycles. The van der Waals surface area contributed by atoms with Crippen molar-refractivity contribution < 1.29 is 4.74 Å². The molecule has 19 heavy (non-hydrogen) atoms. The predicted molar refractivity (Wildman–Crippen MR) is 78.5 cm³/mol. The van der Waals surface area contributed by atoms with Gasteiger partial charge in [-0.05, 0) is 37.0 Å². The molecule has 1 atom stereocenters. The lowest BCUT2D eigenvalue weighted by molar-refractivity contribution is 0.392. The Morgan fingerprint density at radius 3 is 2.79 bits per heavy atom. The van der Waals surface area contributed by atoms with Gasteiger partial charge in [0.25, 0.3) is 0 Å². The first kappa shape index (κ1) is 11.1. The first-order valence-electron chi connectivity index (χ1n) is 7.02. The Morgan fingerprint density at radius 1 is 1.05 bits per heavy atom. The van der Waals surface area contributed by atoms with Crippen molar-refractivity contribution in [3.05, 3.63) is 48.0 Å². The Bertz CT molecular complexity index is 724. The van der Waals surface area contributed by atoms with E-state index in [0.717, 1.165) is 13.0 Å². The molecular formula is C17H17NO. The van der Waals surface area contributed by atoms with E-state index >= 15 is 0 Å². The van der Waals surface area contributed by atoms with Crippen molar-refractivity contribution in [3.63, 3.8) is 0 Å². The van der Waals surface area contributed by atoms with Crippen LogP contribution < -0.4 is 0 Å². The van der Waals surface area contributed by atoms with Gasteiger partial charge < -0.3 is 9.72 Å². The highest BCUT2D eigenvalue weighted by Crippen LogP contribution is 2.29. The zero-order valence-corrected chi connectivity index (χ0v) is 10.9. The molecule has 1 fully saturated rings. The summed E-state index contributed by atoms with van der Waals surface area (Å²) in [7, 11) is 0. The monoisotopic (exact) mass is 251 g/mol. The maximum absolute atomic E-state index is 5.28. The largest absolute Gasteiger partial charge is 0.373 e. The lowest BCUT2D eigenvalue weighted by atomic mass is 10.0. The van der Waals surface area contributed by atoms with Gasteiger partial charge in [0.1, 0.15) is 0 Å². The maximum Gasteiger partial charge on any atom is 0.0810 e. The number of H-pyrrole nitrogens is 1. The molecule has 2 heterocycles. The van der Waals surface area contributed by atoms with Crippen LogP contribution in [-0.4, -0.2) is 17.7 Å². The molecule has 1 N–H and O–H groups in total. The molecule has 1 aliphatic rings. The van der Waals surface area contributed by atoms with Crippen LogP contribution in [0.5, 0.6) is 0 Å². The molecule has 2 heteroatoms. The summed E-state index contributed by atoms with van der Waals surface area (Å²) in [5.41, 5.74) is 3.94. The topological polar surface area (TPSA) is 28.3 Å². The van der Waals surface area contributed by atoms with Gasteiger partial charge in [-0.15, -0.1) is 0 Å². The second-order valence-corrected chi connectivity index (χ2v) is 5.36. The van der Waals surface area contributed by atoms with Crippen molar-refractivity contribution in [1.29, 1.82) is 0 Å². The van der Waals surface area contributed by atoms with E-state index in [4.69, 9.17) is 4.74 Å². The molecule has 4 rings (SSSR count). The number of fused-ring (bicyclic) bond motifs is 3. The van der Waals surface area contributed by atoms with Gasteiger partial charge in [0.05, 0.1) is 12.7 Å². The van der Waals surface area contributed by atoms with Crippen LogP contribution in [0.25, 0.3) is 21.8 Å². The summed E-state index contributed by atoms with van der Waals surface area (Å²) in [6.45, 7) is 0.970. The molecule has 2 nitrogen and oxygen atoms in total. The summed E-state index contributed by atoms with van der Waals surface area (Å²) in [5, 5.41) is 2.74. The summed E-state index contributed by atoms with van der Waals surface area (Å²) >= 11 is 0. The van der Waals surface area contributed by atoms with Crippen LogP contribution in [0.15, 0.2) is 42.5 Å². The molecule has 0 radical (unpaired) electrons. The van der Waals surface area contributed by atoms with Crippen molar-refractivity contribution in [3.8, 4) is 0 Å². The number of ether oxygens (including phenoxy) is 1.